The molecule has 1 atom stereocenters. The molecule has 1 aromatic rings. The molecular weight excluding hydrogens is 292 g/mol. The van der Waals surface area contributed by atoms with Crippen molar-refractivity contribution >= 4 is 29.1 Å². The van der Waals surface area contributed by atoms with Crippen LogP contribution in [0.15, 0.2) is 17.5 Å². The Hall–Kier alpha value is -1.89. The van der Waals surface area contributed by atoms with Gasteiger partial charge in [0.1, 0.15) is 6.04 Å². The van der Waals surface area contributed by atoms with E-state index in [0.717, 1.165) is 6.42 Å². The molecule has 1 aromatic heterocycles. The van der Waals surface area contributed by atoms with Crippen molar-refractivity contribution in [1.82, 2.24) is 10.2 Å². The highest BCUT2D eigenvalue weighted by Crippen LogP contribution is 2.18. The quantitative estimate of drug-likeness (QED) is 0.824. The van der Waals surface area contributed by atoms with Gasteiger partial charge < -0.3 is 15.0 Å². The zero-order chi connectivity index (χ0) is 15.2. The van der Waals surface area contributed by atoms with Crippen molar-refractivity contribution in [3.8, 4) is 0 Å². The number of hydrogen-bond donors (Lipinski definition) is 1. The summed E-state index contributed by atoms with van der Waals surface area (Å²) < 4.78 is 4.97. The SMILES string of the molecule is CCOC(=O)C1CCCN1C(=O)CNC(=O)c1cccs1. The van der Waals surface area contributed by atoms with E-state index in [1.165, 1.54) is 16.2 Å². The largest absolute Gasteiger partial charge is 0.464 e. The first-order valence-corrected chi connectivity index (χ1v) is 7.79. The second-order valence-corrected chi connectivity index (χ2v) is 5.60. The molecule has 0 bridgehead atoms. The molecule has 0 saturated carbocycles. The van der Waals surface area contributed by atoms with E-state index in [1.807, 2.05) is 0 Å². The van der Waals surface area contributed by atoms with Gasteiger partial charge in [-0.25, -0.2) is 4.79 Å². The molecule has 0 radical (unpaired) electrons. The Balaban J connectivity index is 1.87. The molecule has 0 spiro atoms. The van der Waals surface area contributed by atoms with Crippen molar-refractivity contribution < 1.29 is 19.1 Å². The Bertz CT molecular complexity index is 515. The lowest BCUT2D eigenvalue weighted by Gasteiger charge is -2.23. The summed E-state index contributed by atoms with van der Waals surface area (Å²) in [5.74, 6) is -0.895. The molecular formula is C14H18N2O4S. The van der Waals surface area contributed by atoms with E-state index < -0.39 is 6.04 Å². The van der Waals surface area contributed by atoms with Crippen LogP contribution >= 0.6 is 11.3 Å². The summed E-state index contributed by atoms with van der Waals surface area (Å²) in [6, 6.07) is 2.96. The van der Waals surface area contributed by atoms with Crippen molar-refractivity contribution in [2.24, 2.45) is 0 Å². The number of nitrogens with one attached hydrogen (secondary N) is 1. The fourth-order valence-electron chi connectivity index (χ4n) is 2.30. The van der Waals surface area contributed by atoms with Gasteiger partial charge in [0.05, 0.1) is 18.0 Å². The minimum Gasteiger partial charge on any atom is -0.464 e. The van der Waals surface area contributed by atoms with Crippen LogP contribution in [-0.2, 0) is 14.3 Å². The third kappa shape index (κ3) is 3.81. The summed E-state index contributed by atoms with van der Waals surface area (Å²) in [6.45, 7) is 2.45. The maximum Gasteiger partial charge on any atom is 0.328 e. The number of carbonyl (C=O) groups excluding carboxylic acids is 3. The van der Waals surface area contributed by atoms with Crippen LogP contribution in [0.4, 0.5) is 0 Å². The summed E-state index contributed by atoms with van der Waals surface area (Å²) >= 11 is 1.32. The molecule has 1 fully saturated rings. The first-order valence-electron chi connectivity index (χ1n) is 6.91. The lowest BCUT2D eigenvalue weighted by molar-refractivity contribution is -0.152. The number of ether oxygens (including phenoxy) is 1. The molecule has 0 aliphatic carbocycles. The zero-order valence-electron chi connectivity index (χ0n) is 11.8. The molecule has 1 aliphatic rings. The van der Waals surface area contributed by atoms with Gasteiger partial charge in [-0.2, -0.15) is 0 Å². The highest BCUT2D eigenvalue weighted by Gasteiger charge is 2.34. The Morgan fingerprint density at radius 1 is 1.48 bits per heavy atom. The summed E-state index contributed by atoms with van der Waals surface area (Å²) in [6.07, 6.45) is 1.39. The lowest BCUT2D eigenvalue weighted by Crippen LogP contribution is -2.46. The Morgan fingerprint density at radius 3 is 2.95 bits per heavy atom. The predicted molar refractivity (Wildman–Crippen MR) is 78.0 cm³/mol. The van der Waals surface area contributed by atoms with Gasteiger partial charge in [0.15, 0.2) is 0 Å². The van der Waals surface area contributed by atoms with Gasteiger partial charge in [-0.1, -0.05) is 6.07 Å². The molecule has 2 rings (SSSR count). The second kappa shape index (κ2) is 7.21. The minimum absolute atomic E-state index is 0.105. The Kier molecular flexibility index (Phi) is 5.32. The first-order chi connectivity index (χ1) is 10.1. The fourth-order valence-corrected chi connectivity index (χ4v) is 2.94. The number of amides is 2. The van der Waals surface area contributed by atoms with E-state index in [-0.39, 0.29) is 24.3 Å². The molecule has 7 heteroatoms. The van der Waals surface area contributed by atoms with Crippen molar-refractivity contribution in [2.75, 3.05) is 19.7 Å². The van der Waals surface area contributed by atoms with E-state index in [1.54, 1.807) is 24.4 Å². The second-order valence-electron chi connectivity index (χ2n) is 4.66. The van der Waals surface area contributed by atoms with Crippen LogP contribution < -0.4 is 5.32 Å². The van der Waals surface area contributed by atoms with Crippen LogP contribution in [-0.4, -0.2) is 48.4 Å². The topological polar surface area (TPSA) is 75.7 Å². The Morgan fingerprint density at radius 2 is 2.29 bits per heavy atom. The molecule has 1 saturated heterocycles. The van der Waals surface area contributed by atoms with Gasteiger partial charge in [-0.3, -0.25) is 9.59 Å². The average Bonchev–Trinajstić information content (AvgIpc) is 3.14. The van der Waals surface area contributed by atoms with Gasteiger partial charge in [-0.05, 0) is 31.2 Å². The van der Waals surface area contributed by atoms with E-state index in [4.69, 9.17) is 4.74 Å². The normalized spacial score (nSPS) is 17.6. The van der Waals surface area contributed by atoms with Crippen LogP contribution in [0.3, 0.4) is 0 Å². The maximum absolute atomic E-state index is 12.1. The monoisotopic (exact) mass is 310 g/mol. The van der Waals surface area contributed by atoms with Gasteiger partial charge in [0.25, 0.3) is 5.91 Å². The zero-order valence-corrected chi connectivity index (χ0v) is 12.6. The maximum atomic E-state index is 12.1. The molecule has 1 unspecified atom stereocenters. The number of likely N-dealkylation sites (tertiary alicyclic amines) is 1. The standard InChI is InChI=1S/C14H18N2O4S/c1-2-20-14(19)10-5-3-7-16(10)12(17)9-15-13(18)11-6-4-8-21-11/h4,6,8,10H,2-3,5,7,9H2,1H3,(H,15,18). The first kappa shape index (κ1) is 15.5. The van der Waals surface area contributed by atoms with E-state index >= 15 is 0 Å². The molecule has 1 N–H and O–H groups in total. The molecule has 114 valence electrons. The third-order valence-corrected chi connectivity index (χ3v) is 4.15. The van der Waals surface area contributed by atoms with Crippen LogP contribution in [0, 0.1) is 0 Å². The summed E-state index contributed by atoms with van der Waals surface area (Å²) in [5.41, 5.74) is 0. The Labute approximate surface area is 127 Å². The summed E-state index contributed by atoms with van der Waals surface area (Å²) in [4.78, 5) is 37.8. The van der Waals surface area contributed by atoms with Gasteiger partial charge in [0, 0.05) is 6.54 Å². The highest BCUT2D eigenvalue weighted by molar-refractivity contribution is 7.12. The third-order valence-electron chi connectivity index (χ3n) is 3.28. The van der Waals surface area contributed by atoms with E-state index in [2.05, 4.69) is 5.32 Å². The van der Waals surface area contributed by atoms with Crippen LogP contribution in [0.1, 0.15) is 29.4 Å². The molecule has 1 aliphatic heterocycles. The van der Waals surface area contributed by atoms with Crippen molar-refractivity contribution in [2.45, 2.75) is 25.8 Å². The molecule has 6 nitrogen and oxygen atoms in total. The minimum atomic E-state index is -0.518. The predicted octanol–water partition coefficient (Wildman–Crippen LogP) is 1.03. The van der Waals surface area contributed by atoms with Gasteiger partial charge in [0.2, 0.25) is 5.91 Å². The molecule has 0 aromatic carbocycles. The van der Waals surface area contributed by atoms with Crippen LogP contribution in [0.5, 0.6) is 0 Å². The van der Waals surface area contributed by atoms with Crippen molar-refractivity contribution in [3.05, 3.63) is 22.4 Å². The number of thiophene rings is 1. The van der Waals surface area contributed by atoms with Crippen molar-refractivity contribution in [3.63, 3.8) is 0 Å². The van der Waals surface area contributed by atoms with E-state index in [0.29, 0.717) is 24.4 Å². The smallest absolute Gasteiger partial charge is 0.328 e. The van der Waals surface area contributed by atoms with Crippen LogP contribution in [0.2, 0.25) is 0 Å². The fraction of sp³-hybridized carbons (Fsp3) is 0.500. The van der Waals surface area contributed by atoms with E-state index in [9.17, 15) is 14.4 Å². The number of rotatable bonds is 5. The summed E-state index contributed by atoms with van der Waals surface area (Å²) in [5, 5.41) is 4.38. The number of carbonyl (C=O) groups is 3. The number of esters is 1. The summed E-state index contributed by atoms with van der Waals surface area (Å²) in [7, 11) is 0. The number of nitrogens with zero attached hydrogens (tertiary/aromatic N) is 1. The lowest BCUT2D eigenvalue weighted by atomic mass is 10.2. The van der Waals surface area contributed by atoms with Crippen LogP contribution in [0.25, 0.3) is 0 Å². The number of hydrogen-bond acceptors (Lipinski definition) is 5. The molecule has 2 heterocycles. The highest BCUT2D eigenvalue weighted by atomic mass is 32.1. The van der Waals surface area contributed by atoms with Crippen molar-refractivity contribution in [1.29, 1.82) is 0 Å². The molecule has 2 amide bonds. The average molecular weight is 310 g/mol. The molecule has 21 heavy (non-hydrogen) atoms. The van der Waals surface area contributed by atoms with Gasteiger partial charge in [-0.15, -0.1) is 11.3 Å². The van der Waals surface area contributed by atoms with Gasteiger partial charge >= 0.3 is 5.97 Å².